The largest absolute Gasteiger partial charge is 0.385 e. The summed E-state index contributed by atoms with van der Waals surface area (Å²) in [6, 6.07) is 11.8. The highest BCUT2D eigenvalue weighted by Gasteiger charge is 2.41. The van der Waals surface area contributed by atoms with Gasteiger partial charge in [-0.3, -0.25) is 4.79 Å². The van der Waals surface area contributed by atoms with Gasteiger partial charge >= 0.3 is 5.92 Å². The van der Waals surface area contributed by atoms with E-state index in [1.165, 1.54) is 16.8 Å². The summed E-state index contributed by atoms with van der Waals surface area (Å²) in [5, 5.41) is 6.45. The number of halogens is 2. The van der Waals surface area contributed by atoms with Gasteiger partial charge in [0.25, 0.3) is 5.91 Å². The summed E-state index contributed by atoms with van der Waals surface area (Å²) in [5.41, 5.74) is 6.56. The number of alkyl halides is 2. The minimum Gasteiger partial charge on any atom is -0.385 e. The Balaban J connectivity index is 1.52. The molecule has 2 aromatic rings. The molecule has 4 nitrogen and oxygen atoms in total. The summed E-state index contributed by atoms with van der Waals surface area (Å²) >= 11 is 0. The van der Waals surface area contributed by atoms with Crippen LogP contribution in [0.5, 0.6) is 0 Å². The fourth-order valence-electron chi connectivity index (χ4n) is 4.98. The van der Waals surface area contributed by atoms with Crippen molar-refractivity contribution in [3.05, 3.63) is 53.1 Å². The molecule has 0 bridgehead atoms. The second-order valence-corrected chi connectivity index (χ2v) is 8.97. The van der Waals surface area contributed by atoms with Crippen LogP contribution < -0.4 is 10.6 Å². The zero-order valence-corrected chi connectivity index (χ0v) is 19.1. The number of anilines is 1. The van der Waals surface area contributed by atoms with Crippen LogP contribution in [0.2, 0.25) is 0 Å². The molecule has 2 N–H and O–H groups in total. The molecule has 2 heterocycles. The average Bonchev–Trinajstić information content (AvgIpc) is 2.78. The number of amides is 1. The predicted molar refractivity (Wildman–Crippen MR) is 125 cm³/mol. The number of benzene rings is 2. The van der Waals surface area contributed by atoms with Gasteiger partial charge in [0.1, 0.15) is 13.1 Å². The first-order valence-corrected chi connectivity index (χ1v) is 11.5. The highest BCUT2D eigenvalue weighted by Crippen LogP contribution is 2.34. The maximum Gasteiger partial charge on any atom is 0.322 e. The number of fused-ring (bicyclic) bond motifs is 1. The van der Waals surface area contributed by atoms with Crippen molar-refractivity contribution in [1.29, 1.82) is 0 Å². The zero-order chi connectivity index (χ0) is 22.9. The van der Waals surface area contributed by atoms with Crippen LogP contribution >= 0.6 is 0 Å². The van der Waals surface area contributed by atoms with Crippen LogP contribution in [-0.2, 0) is 6.42 Å². The van der Waals surface area contributed by atoms with Crippen LogP contribution in [0.3, 0.4) is 0 Å². The van der Waals surface area contributed by atoms with Gasteiger partial charge in [0, 0.05) is 37.2 Å². The molecule has 0 spiro atoms. The topological polar surface area (TPSA) is 44.1 Å². The predicted octanol–water partition coefficient (Wildman–Crippen LogP) is 5.04. The molecule has 4 rings (SSSR count). The smallest absolute Gasteiger partial charge is 0.322 e. The standard InChI is InChI=1S/C26H31F2N3O/c1-4-31-14-12-19(16-24(31)26(3,27)28)30-25(32)18-10-11-20(17(2)15-18)21-7-5-9-23-22(21)8-6-13-29-23/h5,7,9-11,15,19,29H,4,6,8,12-14,16H2,1-3H3/p+1. The molecule has 0 aliphatic carbocycles. The van der Waals surface area contributed by atoms with E-state index in [4.69, 9.17) is 0 Å². The van der Waals surface area contributed by atoms with Gasteiger partial charge in [-0.25, -0.2) is 4.58 Å². The highest BCUT2D eigenvalue weighted by molar-refractivity contribution is 5.96. The lowest BCUT2D eigenvalue weighted by molar-refractivity contribution is -0.535. The monoisotopic (exact) mass is 440 g/mol. The SMILES string of the molecule is CC[N+]1=C(C(C)(F)F)CC(NC(=O)c2ccc(-c3cccc4c3CCCN4)c(C)c2)CC1. The summed E-state index contributed by atoms with van der Waals surface area (Å²) in [4.78, 5) is 12.9. The van der Waals surface area contributed by atoms with E-state index >= 15 is 0 Å². The molecule has 2 aliphatic heterocycles. The van der Waals surface area contributed by atoms with Crippen LogP contribution in [-0.4, -0.2) is 47.8 Å². The summed E-state index contributed by atoms with van der Waals surface area (Å²) in [7, 11) is 0. The lowest BCUT2D eigenvalue weighted by Gasteiger charge is -2.26. The van der Waals surface area contributed by atoms with Crippen molar-refractivity contribution >= 4 is 17.3 Å². The van der Waals surface area contributed by atoms with Crippen molar-refractivity contribution in [3.63, 3.8) is 0 Å². The maximum atomic E-state index is 14.1. The molecule has 0 radical (unpaired) electrons. The number of nitrogens with zero attached hydrogens (tertiary/aromatic N) is 1. The van der Waals surface area contributed by atoms with Crippen molar-refractivity contribution in [3.8, 4) is 11.1 Å². The Kier molecular flexibility index (Phi) is 6.31. The second kappa shape index (κ2) is 9.00. The molecule has 2 aromatic carbocycles. The first-order valence-electron chi connectivity index (χ1n) is 11.5. The van der Waals surface area contributed by atoms with Crippen molar-refractivity contribution in [2.24, 2.45) is 0 Å². The second-order valence-electron chi connectivity index (χ2n) is 8.97. The van der Waals surface area contributed by atoms with Gasteiger partial charge < -0.3 is 10.6 Å². The molecule has 170 valence electrons. The van der Waals surface area contributed by atoms with Crippen molar-refractivity contribution in [2.75, 3.05) is 25.0 Å². The minimum atomic E-state index is -2.87. The maximum absolute atomic E-state index is 14.1. The van der Waals surface area contributed by atoms with Gasteiger partial charge in [0.05, 0.1) is 6.42 Å². The lowest BCUT2D eigenvalue weighted by Crippen LogP contribution is -2.48. The van der Waals surface area contributed by atoms with E-state index in [0.717, 1.165) is 37.4 Å². The van der Waals surface area contributed by atoms with E-state index in [2.05, 4.69) is 28.8 Å². The van der Waals surface area contributed by atoms with Gasteiger partial charge in [-0.1, -0.05) is 18.2 Å². The van der Waals surface area contributed by atoms with Crippen LogP contribution in [0.4, 0.5) is 14.5 Å². The van der Waals surface area contributed by atoms with Crippen LogP contribution in [0.1, 0.15) is 54.6 Å². The molecule has 1 unspecified atom stereocenters. The van der Waals surface area contributed by atoms with Gasteiger partial charge in [0.2, 0.25) is 5.71 Å². The Morgan fingerprint density at radius 1 is 1.25 bits per heavy atom. The molecule has 0 aromatic heterocycles. The Bertz CT molecular complexity index is 1060. The van der Waals surface area contributed by atoms with Crippen LogP contribution in [0, 0.1) is 6.92 Å². The average molecular weight is 441 g/mol. The van der Waals surface area contributed by atoms with E-state index in [0.29, 0.717) is 25.1 Å². The van der Waals surface area contributed by atoms with E-state index in [1.807, 2.05) is 32.0 Å². The molecule has 0 saturated heterocycles. The van der Waals surface area contributed by atoms with E-state index in [-0.39, 0.29) is 24.1 Å². The molecule has 6 heteroatoms. The van der Waals surface area contributed by atoms with E-state index in [1.54, 1.807) is 4.58 Å². The molecule has 0 saturated carbocycles. The van der Waals surface area contributed by atoms with Crippen molar-refractivity contribution in [1.82, 2.24) is 5.32 Å². The fraction of sp³-hybridized carbons (Fsp3) is 0.462. The Morgan fingerprint density at radius 3 is 2.78 bits per heavy atom. The van der Waals surface area contributed by atoms with Crippen LogP contribution in [0.25, 0.3) is 11.1 Å². The summed E-state index contributed by atoms with van der Waals surface area (Å²) < 4.78 is 29.9. The number of hydrogen-bond donors (Lipinski definition) is 2. The molecule has 1 atom stereocenters. The molecule has 2 aliphatic rings. The molecular weight excluding hydrogens is 408 g/mol. The van der Waals surface area contributed by atoms with Gasteiger partial charge in [-0.15, -0.1) is 0 Å². The van der Waals surface area contributed by atoms with E-state index < -0.39 is 5.92 Å². The molecule has 1 amide bonds. The van der Waals surface area contributed by atoms with E-state index in [9.17, 15) is 13.6 Å². The third-order valence-corrected chi connectivity index (χ3v) is 6.67. The number of hydrogen-bond acceptors (Lipinski definition) is 2. The number of aryl methyl sites for hydroxylation is 1. The normalized spacial score (nSPS) is 18.7. The third kappa shape index (κ3) is 4.54. The summed E-state index contributed by atoms with van der Waals surface area (Å²) in [6.07, 6.45) is 3.00. The number of carbonyl (C=O) groups is 1. The van der Waals surface area contributed by atoms with Gasteiger partial charge in [-0.05, 0) is 67.1 Å². The zero-order valence-electron chi connectivity index (χ0n) is 19.1. The fourth-order valence-corrected chi connectivity index (χ4v) is 4.98. The molecular formula is C26H32F2N3O+. The molecule has 32 heavy (non-hydrogen) atoms. The lowest BCUT2D eigenvalue weighted by atomic mass is 9.90. The minimum absolute atomic E-state index is 0.116. The quantitative estimate of drug-likeness (QED) is 0.640. The Morgan fingerprint density at radius 2 is 2.06 bits per heavy atom. The first kappa shape index (κ1) is 22.4. The number of nitrogens with one attached hydrogen (secondary N) is 2. The Hall–Kier alpha value is -2.76. The summed E-state index contributed by atoms with van der Waals surface area (Å²) in [6.45, 7) is 6.92. The first-order chi connectivity index (χ1) is 15.3. The highest BCUT2D eigenvalue weighted by atomic mass is 19.3. The van der Waals surface area contributed by atoms with Gasteiger partial charge in [-0.2, -0.15) is 8.78 Å². The van der Waals surface area contributed by atoms with Crippen molar-refractivity contribution < 1.29 is 18.2 Å². The third-order valence-electron chi connectivity index (χ3n) is 6.67. The summed E-state index contributed by atoms with van der Waals surface area (Å²) in [5.74, 6) is -3.08. The number of rotatable bonds is 5. The van der Waals surface area contributed by atoms with Gasteiger partial charge in [0.15, 0.2) is 0 Å². The van der Waals surface area contributed by atoms with Crippen LogP contribution in [0.15, 0.2) is 36.4 Å². The molecule has 0 fully saturated rings. The van der Waals surface area contributed by atoms with Crippen molar-refractivity contribution in [2.45, 2.75) is 58.4 Å². The number of carbonyl (C=O) groups excluding carboxylic acids is 1. The Labute approximate surface area is 188 Å².